The van der Waals surface area contributed by atoms with Crippen LogP contribution in [-0.4, -0.2) is 46.1 Å². The number of carbonyl (C=O) groups is 1. The third-order valence-electron chi connectivity index (χ3n) is 2.90. The van der Waals surface area contributed by atoms with Gasteiger partial charge in [0, 0.05) is 20.2 Å². The molecule has 1 aromatic rings. The van der Waals surface area contributed by atoms with Crippen molar-refractivity contribution in [1.29, 1.82) is 0 Å². The van der Waals surface area contributed by atoms with Crippen molar-refractivity contribution >= 4 is 6.03 Å². The maximum atomic E-state index is 11.4. The molecule has 0 radical (unpaired) electrons. The molecule has 0 saturated carbocycles. The Balaban J connectivity index is 1.72. The van der Waals surface area contributed by atoms with Gasteiger partial charge in [-0.05, 0) is 24.1 Å². The Bertz CT molecular complexity index is 451. The van der Waals surface area contributed by atoms with Crippen LogP contribution >= 0.6 is 0 Å². The molecular formula is C14H20N2O4. The molecule has 6 nitrogen and oxygen atoms in total. The van der Waals surface area contributed by atoms with E-state index in [4.69, 9.17) is 14.2 Å². The Kier molecular flexibility index (Phi) is 5.49. The minimum absolute atomic E-state index is 0.181. The fourth-order valence-electron chi connectivity index (χ4n) is 1.89. The van der Waals surface area contributed by atoms with E-state index in [1.165, 1.54) is 0 Å². The predicted octanol–water partition coefficient (Wildman–Crippen LogP) is 0.946. The number of carbonyl (C=O) groups excluding carboxylic acids is 1. The summed E-state index contributed by atoms with van der Waals surface area (Å²) in [6.07, 6.45) is 0.744. The second-order valence-corrected chi connectivity index (χ2v) is 4.40. The van der Waals surface area contributed by atoms with Gasteiger partial charge >= 0.3 is 6.03 Å². The molecule has 0 unspecified atom stereocenters. The number of ether oxygens (including phenoxy) is 3. The van der Waals surface area contributed by atoms with Crippen molar-refractivity contribution < 1.29 is 19.0 Å². The van der Waals surface area contributed by atoms with Crippen LogP contribution in [0.25, 0.3) is 0 Å². The van der Waals surface area contributed by atoms with Crippen LogP contribution in [0, 0.1) is 0 Å². The summed E-state index contributed by atoms with van der Waals surface area (Å²) in [5.41, 5.74) is 1.10. The van der Waals surface area contributed by atoms with E-state index in [1.54, 1.807) is 7.11 Å². The molecule has 1 aromatic carbocycles. The van der Waals surface area contributed by atoms with Crippen molar-refractivity contribution in [3.8, 4) is 11.5 Å². The first kappa shape index (κ1) is 14.5. The van der Waals surface area contributed by atoms with Crippen molar-refractivity contribution in [2.75, 3.05) is 40.0 Å². The largest absolute Gasteiger partial charge is 0.486 e. The van der Waals surface area contributed by atoms with E-state index in [1.807, 2.05) is 18.2 Å². The van der Waals surface area contributed by atoms with Crippen LogP contribution in [0.15, 0.2) is 18.2 Å². The zero-order chi connectivity index (χ0) is 14.2. The fourth-order valence-corrected chi connectivity index (χ4v) is 1.89. The standard InChI is InChI=1S/C14H20N2O4/c1-18-7-6-16-14(17)15-5-4-11-2-3-12-13(10-11)20-9-8-19-12/h2-3,10H,4-9H2,1H3,(H2,15,16,17). The normalized spacial score (nSPS) is 12.8. The molecule has 0 bridgehead atoms. The highest BCUT2D eigenvalue weighted by atomic mass is 16.6. The molecular weight excluding hydrogens is 260 g/mol. The molecule has 0 aromatic heterocycles. The van der Waals surface area contributed by atoms with Crippen LogP contribution in [0.1, 0.15) is 5.56 Å². The smallest absolute Gasteiger partial charge is 0.314 e. The summed E-state index contributed by atoms with van der Waals surface area (Å²) < 4.78 is 15.8. The van der Waals surface area contributed by atoms with Gasteiger partial charge in [0.15, 0.2) is 11.5 Å². The number of nitrogens with one attached hydrogen (secondary N) is 2. The average molecular weight is 280 g/mol. The lowest BCUT2D eigenvalue weighted by Gasteiger charge is -2.18. The summed E-state index contributed by atoms with van der Waals surface area (Å²) in [7, 11) is 1.60. The summed E-state index contributed by atoms with van der Waals surface area (Å²) in [6.45, 7) is 2.76. The zero-order valence-corrected chi connectivity index (χ0v) is 11.6. The Hall–Kier alpha value is -1.95. The first-order valence-electron chi connectivity index (χ1n) is 6.69. The second-order valence-electron chi connectivity index (χ2n) is 4.40. The number of hydrogen-bond donors (Lipinski definition) is 2. The zero-order valence-electron chi connectivity index (χ0n) is 11.6. The Morgan fingerprint density at radius 3 is 2.75 bits per heavy atom. The van der Waals surface area contributed by atoms with Gasteiger partial charge in [-0.2, -0.15) is 0 Å². The fraction of sp³-hybridized carbons (Fsp3) is 0.500. The van der Waals surface area contributed by atoms with Gasteiger partial charge in [-0.3, -0.25) is 0 Å². The average Bonchev–Trinajstić information content (AvgIpc) is 2.47. The minimum Gasteiger partial charge on any atom is -0.486 e. The summed E-state index contributed by atoms with van der Waals surface area (Å²) in [6, 6.07) is 5.67. The first-order valence-corrected chi connectivity index (χ1v) is 6.69. The van der Waals surface area contributed by atoms with Crippen LogP contribution in [0.3, 0.4) is 0 Å². The topological polar surface area (TPSA) is 68.8 Å². The second kappa shape index (κ2) is 7.59. The van der Waals surface area contributed by atoms with E-state index in [-0.39, 0.29) is 6.03 Å². The van der Waals surface area contributed by atoms with E-state index < -0.39 is 0 Å². The van der Waals surface area contributed by atoms with E-state index in [0.717, 1.165) is 23.5 Å². The van der Waals surface area contributed by atoms with Gasteiger partial charge in [0.2, 0.25) is 0 Å². The van der Waals surface area contributed by atoms with E-state index in [9.17, 15) is 4.79 Å². The lowest BCUT2D eigenvalue weighted by molar-refractivity contribution is 0.171. The van der Waals surface area contributed by atoms with E-state index in [0.29, 0.717) is 32.9 Å². The molecule has 2 rings (SSSR count). The summed E-state index contributed by atoms with van der Waals surface area (Å²) in [5.74, 6) is 1.56. The quantitative estimate of drug-likeness (QED) is 0.761. The molecule has 0 spiro atoms. The van der Waals surface area contributed by atoms with Crippen LogP contribution in [0.4, 0.5) is 4.79 Å². The summed E-state index contributed by atoms with van der Waals surface area (Å²) >= 11 is 0. The van der Waals surface area contributed by atoms with Crippen LogP contribution in [0.5, 0.6) is 11.5 Å². The maximum Gasteiger partial charge on any atom is 0.314 e. The molecule has 0 atom stereocenters. The first-order chi connectivity index (χ1) is 9.79. The van der Waals surface area contributed by atoms with Crippen LogP contribution in [-0.2, 0) is 11.2 Å². The Morgan fingerprint density at radius 1 is 1.20 bits per heavy atom. The molecule has 20 heavy (non-hydrogen) atoms. The summed E-state index contributed by atoms with van der Waals surface area (Å²) in [4.78, 5) is 11.4. The van der Waals surface area contributed by atoms with Gasteiger partial charge in [0.25, 0.3) is 0 Å². The molecule has 1 heterocycles. The molecule has 6 heteroatoms. The van der Waals surface area contributed by atoms with Gasteiger partial charge < -0.3 is 24.8 Å². The van der Waals surface area contributed by atoms with Crippen molar-refractivity contribution in [3.63, 3.8) is 0 Å². The SMILES string of the molecule is COCCNC(=O)NCCc1ccc2c(c1)OCCO2. The van der Waals surface area contributed by atoms with Crippen molar-refractivity contribution in [3.05, 3.63) is 23.8 Å². The summed E-state index contributed by atoms with van der Waals surface area (Å²) in [5, 5.41) is 5.49. The van der Waals surface area contributed by atoms with Gasteiger partial charge in [0.05, 0.1) is 6.61 Å². The van der Waals surface area contributed by atoms with E-state index in [2.05, 4.69) is 10.6 Å². The van der Waals surface area contributed by atoms with Crippen molar-refractivity contribution in [2.24, 2.45) is 0 Å². The molecule has 0 saturated heterocycles. The van der Waals surface area contributed by atoms with Crippen LogP contribution in [0.2, 0.25) is 0 Å². The lowest BCUT2D eigenvalue weighted by atomic mass is 10.1. The molecule has 0 aliphatic carbocycles. The highest BCUT2D eigenvalue weighted by Gasteiger charge is 2.11. The number of fused-ring (bicyclic) bond motifs is 1. The van der Waals surface area contributed by atoms with E-state index >= 15 is 0 Å². The third-order valence-corrected chi connectivity index (χ3v) is 2.90. The van der Waals surface area contributed by atoms with Crippen molar-refractivity contribution in [1.82, 2.24) is 10.6 Å². The highest BCUT2D eigenvalue weighted by molar-refractivity contribution is 5.73. The highest BCUT2D eigenvalue weighted by Crippen LogP contribution is 2.30. The molecule has 110 valence electrons. The molecule has 1 aliphatic rings. The minimum atomic E-state index is -0.181. The number of rotatable bonds is 6. The maximum absolute atomic E-state index is 11.4. The third kappa shape index (κ3) is 4.31. The number of benzene rings is 1. The molecule has 1 aliphatic heterocycles. The number of methoxy groups -OCH3 is 1. The number of urea groups is 1. The van der Waals surface area contributed by atoms with Crippen LogP contribution < -0.4 is 20.1 Å². The molecule has 2 amide bonds. The molecule has 2 N–H and O–H groups in total. The lowest BCUT2D eigenvalue weighted by Crippen LogP contribution is -2.38. The van der Waals surface area contributed by atoms with Gasteiger partial charge in [-0.1, -0.05) is 6.07 Å². The van der Waals surface area contributed by atoms with Gasteiger partial charge in [-0.15, -0.1) is 0 Å². The number of amides is 2. The van der Waals surface area contributed by atoms with Crippen molar-refractivity contribution in [2.45, 2.75) is 6.42 Å². The van der Waals surface area contributed by atoms with Gasteiger partial charge in [0.1, 0.15) is 13.2 Å². The monoisotopic (exact) mass is 280 g/mol. The van der Waals surface area contributed by atoms with Gasteiger partial charge in [-0.25, -0.2) is 4.79 Å². The Labute approximate surface area is 118 Å². The predicted molar refractivity (Wildman–Crippen MR) is 74.4 cm³/mol. The molecule has 0 fully saturated rings. The Morgan fingerprint density at radius 2 is 1.95 bits per heavy atom. The number of hydrogen-bond acceptors (Lipinski definition) is 4.